The van der Waals surface area contributed by atoms with Gasteiger partial charge >= 0.3 is 0 Å². The zero-order chi connectivity index (χ0) is 10.8. The molecule has 1 aromatic rings. The number of benzene rings is 1. The van der Waals surface area contributed by atoms with Crippen LogP contribution in [0.15, 0.2) is 18.2 Å². The number of halogens is 2. The molecule has 0 heterocycles. The van der Waals surface area contributed by atoms with E-state index >= 15 is 0 Å². The quantitative estimate of drug-likeness (QED) is 0.769. The fraction of sp³-hybridized carbons (Fsp3) is 0.417. The molecule has 0 aromatic heterocycles. The average Bonchev–Trinajstić information content (AvgIpc) is 2.94. The van der Waals surface area contributed by atoms with Gasteiger partial charge in [0.15, 0.2) is 0 Å². The summed E-state index contributed by atoms with van der Waals surface area (Å²) in [6.07, 6.45) is 3.09. The highest BCUT2D eigenvalue weighted by molar-refractivity contribution is 6.30. The first-order chi connectivity index (χ1) is 7.15. The summed E-state index contributed by atoms with van der Waals surface area (Å²) in [6, 6.07) is 4.45. The van der Waals surface area contributed by atoms with Gasteiger partial charge in [0.1, 0.15) is 11.6 Å². The van der Waals surface area contributed by atoms with Gasteiger partial charge in [0.2, 0.25) is 0 Å². The van der Waals surface area contributed by atoms with E-state index in [1.165, 1.54) is 6.07 Å². The highest BCUT2D eigenvalue weighted by Gasteiger charge is 2.24. The van der Waals surface area contributed by atoms with E-state index in [1.807, 2.05) is 0 Å². The zero-order valence-electron chi connectivity index (χ0n) is 8.30. The summed E-state index contributed by atoms with van der Waals surface area (Å²) in [4.78, 5) is 11.5. The predicted octanol–water partition coefficient (Wildman–Crippen LogP) is 3.39. The molecule has 15 heavy (non-hydrogen) atoms. The Balaban J connectivity index is 1.99. The van der Waals surface area contributed by atoms with Crippen molar-refractivity contribution in [1.82, 2.24) is 0 Å². The minimum Gasteiger partial charge on any atom is -0.299 e. The molecule has 0 radical (unpaired) electrons. The fourth-order valence-electron chi connectivity index (χ4n) is 1.59. The predicted molar refractivity (Wildman–Crippen MR) is 57.5 cm³/mol. The van der Waals surface area contributed by atoms with Crippen LogP contribution >= 0.6 is 11.6 Å². The lowest BCUT2D eigenvalue weighted by Gasteiger charge is -2.02. The molecule has 0 atom stereocenters. The second-order valence-corrected chi connectivity index (χ2v) is 4.54. The van der Waals surface area contributed by atoms with Gasteiger partial charge in [-0.3, -0.25) is 4.79 Å². The lowest BCUT2D eigenvalue weighted by molar-refractivity contribution is -0.118. The van der Waals surface area contributed by atoms with E-state index in [1.54, 1.807) is 12.1 Å². The van der Waals surface area contributed by atoms with E-state index in [4.69, 9.17) is 11.6 Å². The number of carbonyl (C=O) groups excluding carboxylic acids is 1. The molecule has 1 aliphatic carbocycles. The van der Waals surface area contributed by atoms with Gasteiger partial charge in [-0.05, 0) is 36.5 Å². The number of Topliss-reactive ketones (excluding diaryl/α,β-unsaturated/α-hetero) is 1. The van der Waals surface area contributed by atoms with Crippen molar-refractivity contribution in [3.05, 3.63) is 34.6 Å². The fourth-order valence-corrected chi connectivity index (χ4v) is 1.75. The molecule has 1 aromatic carbocycles. The van der Waals surface area contributed by atoms with E-state index in [0.29, 0.717) is 22.9 Å². The van der Waals surface area contributed by atoms with Gasteiger partial charge in [0.25, 0.3) is 0 Å². The first-order valence-electron chi connectivity index (χ1n) is 5.11. The van der Waals surface area contributed by atoms with Gasteiger partial charge in [-0.1, -0.05) is 17.7 Å². The maximum Gasteiger partial charge on any atom is 0.137 e. The highest BCUT2D eigenvalue weighted by atomic mass is 35.5. The molecule has 0 unspecified atom stereocenters. The smallest absolute Gasteiger partial charge is 0.137 e. The topological polar surface area (TPSA) is 17.1 Å². The molecule has 1 aliphatic rings. The molecule has 1 nitrogen and oxygen atoms in total. The van der Waals surface area contributed by atoms with E-state index in [9.17, 15) is 9.18 Å². The molecule has 0 saturated heterocycles. The molecule has 0 N–H and O–H groups in total. The van der Waals surface area contributed by atoms with E-state index in [-0.39, 0.29) is 18.0 Å². The molecule has 3 heteroatoms. The number of rotatable bonds is 4. The van der Waals surface area contributed by atoms with Crippen molar-refractivity contribution < 1.29 is 9.18 Å². The molecular weight excluding hydrogens is 215 g/mol. The Morgan fingerprint density at radius 1 is 1.47 bits per heavy atom. The largest absolute Gasteiger partial charge is 0.299 e. The van der Waals surface area contributed by atoms with Crippen LogP contribution in [0.4, 0.5) is 4.39 Å². The molecular formula is C12H12ClFO. The van der Waals surface area contributed by atoms with E-state index < -0.39 is 0 Å². The molecule has 2 rings (SSSR count). The number of hydrogen-bond donors (Lipinski definition) is 0. The third-order valence-corrected chi connectivity index (χ3v) is 2.85. The molecule has 0 spiro atoms. The maximum atomic E-state index is 13.3. The molecule has 1 fully saturated rings. The van der Waals surface area contributed by atoms with Gasteiger partial charge < -0.3 is 0 Å². The van der Waals surface area contributed by atoms with E-state index in [0.717, 1.165) is 12.8 Å². The SMILES string of the molecule is O=C(Cc1ccc(Cl)cc1F)CC1CC1. The summed E-state index contributed by atoms with van der Waals surface area (Å²) < 4.78 is 13.3. The van der Waals surface area contributed by atoms with Crippen LogP contribution in [0.2, 0.25) is 5.02 Å². The van der Waals surface area contributed by atoms with Gasteiger partial charge in [-0.2, -0.15) is 0 Å². The van der Waals surface area contributed by atoms with Crippen molar-refractivity contribution in [3.63, 3.8) is 0 Å². The zero-order valence-corrected chi connectivity index (χ0v) is 9.06. The summed E-state index contributed by atoms with van der Waals surface area (Å²) in [5.41, 5.74) is 0.449. The summed E-state index contributed by atoms with van der Waals surface area (Å²) in [5.74, 6) is 0.304. The molecule has 80 valence electrons. The third-order valence-electron chi connectivity index (χ3n) is 2.62. The van der Waals surface area contributed by atoms with E-state index in [2.05, 4.69) is 0 Å². The van der Waals surface area contributed by atoms with Crippen LogP contribution in [0, 0.1) is 11.7 Å². The Morgan fingerprint density at radius 3 is 2.80 bits per heavy atom. The summed E-state index contributed by atoms with van der Waals surface area (Å²) >= 11 is 5.62. The lowest BCUT2D eigenvalue weighted by atomic mass is 10.0. The normalized spacial score (nSPS) is 15.3. The molecule has 0 bridgehead atoms. The minimum atomic E-state index is -0.383. The lowest BCUT2D eigenvalue weighted by Crippen LogP contribution is -2.05. The van der Waals surface area contributed by atoms with Crippen molar-refractivity contribution in [1.29, 1.82) is 0 Å². The first-order valence-corrected chi connectivity index (χ1v) is 5.48. The van der Waals surface area contributed by atoms with Crippen molar-refractivity contribution in [2.45, 2.75) is 25.7 Å². The van der Waals surface area contributed by atoms with Crippen LogP contribution in [-0.4, -0.2) is 5.78 Å². The second-order valence-electron chi connectivity index (χ2n) is 4.10. The van der Waals surface area contributed by atoms with Crippen LogP contribution in [0.25, 0.3) is 0 Å². The van der Waals surface area contributed by atoms with Crippen LogP contribution < -0.4 is 0 Å². The maximum absolute atomic E-state index is 13.3. The monoisotopic (exact) mass is 226 g/mol. The van der Waals surface area contributed by atoms with Crippen molar-refractivity contribution >= 4 is 17.4 Å². The Bertz CT molecular complexity index is 385. The Kier molecular flexibility index (Phi) is 3.06. The Hall–Kier alpha value is -0.890. The Labute approximate surface area is 93.2 Å². The summed E-state index contributed by atoms with van der Waals surface area (Å²) in [6.45, 7) is 0. The minimum absolute atomic E-state index is 0.124. The van der Waals surface area contributed by atoms with Gasteiger partial charge in [-0.25, -0.2) is 4.39 Å². The van der Waals surface area contributed by atoms with Crippen LogP contribution in [0.5, 0.6) is 0 Å². The summed E-state index contributed by atoms with van der Waals surface area (Å²) in [5, 5.41) is 0.367. The van der Waals surface area contributed by atoms with Crippen LogP contribution in [0.1, 0.15) is 24.8 Å². The standard InChI is InChI=1S/C12H12ClFO/c13-10-4-3-9(12(14)7-10)6-11(15)5-8-1-2-8/h3-4,7-8H,1-2,5-6H2. The second kappa shape index (κ2) is 4.31. The van der Waals surface area contributed by atoms with Gasteiger partial charge in [0, 0.05) is 17.9 Å². The van der Waals surface area contributed by atoms with Crippen molar-refractivity contribution in [3.8, 4) is 0 Å². The molecule has 1 saturated carbocycles. The van der Waals surface area contributed by atoms with Crippen LogP contribution in [-0.2, 0) is 11.2 Å². The number of hydrogen-bond acceptors (Lipinski definition) is 1. The van der Waals surface area contributed by atoms with Crippen molar-refractivity contribution in [2.24, 2.45) is 5.92 Å². The third kappa shape index (κ3) is 3.03. The molecule has 0 amide bonds. The Morgan fingerprint density at radius 2 is 2.20 bits per heavy atom. The van der Waals surface area contributed by atoms with Crippen molar-refractivity contribution in [2.75, 3.05) is 0 Å². The van der Waals surface area contributed by atoms with Gasteiger partial charge in [0.05, 0.1) is 0 Å². The summed E-state index contributed by atoms with van der Waals surface area (Å²) in [7, 11) is 0. The van der Waals surface area contributed by atoms with Gasteiger partial charge in [-0.15, -0.1) is 0 Å². The number of carbonyl (C=O) groups is 1. The average molecular weight is 227 g/mol. The first kappa shape index (κ1) is 10.6. The highest BCUT2D eigenvalue weighted by Crippen LogP contribution is 2.33. The van der Waals surface area contributed by atoms with Crippen LogP contribution in [0.3, 0.4) is 0 Å². The molecule has 0 aliphatic heterocycles. The number of ketones is 1.